The van der Waals surface area contributed by atoms with E-state index < -0.39 is 67.4 Å². The van der Waals surface area contributed by atoms with Gasteiger partial charge in [0.25, 0.3) is 0 Å². The van der Waals surface area contributed by atoms with E-state index in [0.717, 1.165) is 32.2 Å². The summed E-state index contributed by atoms with van der Waals surface area (Å²) in [6, 6.07) is -1.63. The van der Waals surface area contributed by atoms with E-state index in [-0.39, 0.29) is 31.0 Å². The molecule has 3 rings (SSSR count). The van der Waals surface area contributed by atoms with Gasteiger partial charge >= 0.3 is 12.1 Å². The molecule has 0 aromatic carbocycles. The van der Waals surface area contributed by atoms with Crippen LogP contribution in [0, 0.1) is 5.92 Å². The summed E-state index contributed by atoms with van der Waals surface area (Å²) in [5.41, 5.74) is -2.21. The Balaban J connectivity index is 1.93. The number of hydrogen-bond donors (Lipinski definition) is 3. The van der Waals surface area contributed by atoms with Crippen molar-refractivity contribution in [3.05, 3.63) is 25.3 Å². The zero-order valence-corrected chi connectivity index (χ0v) is 29.6. The van der Waals surface area contributed by atoms with Crippen LogP contribution >= 0.6 is 0 Å². The zero-order valence-electron chi connectivity index (χ0n) is 28.6. The molecule has 3 aliphatic rings. The number of alkyl carbamates (subject to hydrolysis) is 1. The van der Waals surface area contributed by atoms with Crippen molar-refractivity contribution in [1.29, 1.82) is 0 Å². The Labute approximate surface area is 270 Å². The Morgan fingerprint density at radius 2 is 1.78 bits per heavy atom. The highest BCUT2D eigenvalue weighted by atomic mass is 28.4. The van der Waals surface area contributed by atoms with Gasteiger partial charge in [-0.15, -0.1) is 13.2 Å². The minimum atomic E-state index is -2.28. The molecule has 0 aromatic rings. The third-order valence-corrected chi connectivity index (χ3v) is 14.0. The molecule has 3 amide bonds. The van der Waals surface area contributed by atoms with E-state index in [0.29, 0.717) is 6.04 Å². The van der Waals surface area contributed by atoms with Gasteiger partial charge in [-0.05, 0) is 77.6 Å². The van der Waals surface area contributed by atoms with E-state index >= 15 is 0 Å². The fourth-order valence-corrected chi connectivity index (χ4v) is 7.02. The van der Waals surface area contributed by atoms with Crippen molar-refractivity contribution < 1.29 is 33.4 Å². The molecule has 1 saturated heterocycles. The molecule has 2 aliphatic carbocycles. The molecule has 0 bridgehead atoms. The minimum absolute atomic E-state index is 0.0995. The number of aliphatic carboxylic acids is 1. The number of ether oxygens (including phenoxy) is 1. The van der Waals surface area contributed by atoms with Crippen LogP contribution in [0.4, 0.5) is 4.79 Å². The number of amides is 3. The van der Waals surface area contributed by atoms with Gasteiger partial charge in [0.05, 0.1) is 6.10 Å². The first-order chi connectivity index (χ1) is 20.7. The number of carbonyl (C=O) groups is 4. The second kappa shape index (κ2) is 14.0. The largest absolute Gasteiger partial charge is 0.479 e. The molecule has 0 radical (unpaired) electrons. The topological polar surface area (TPSA) is 138 Å². The van der Waals surface area contributed by atoms with E-state index in [1.165, 1.54) is 11.0 Å². The number of carbonyl (C=O) groups excluding carboxylic acids is 3. The van der Waals surface area contributed by atoms with Gasteiger partial charge in [-0.2, -0.15) is 0 Å². The second-order valence-electron chi connectivity index (χ2n) is 15.4. The molecule has 0 unspecified atom stereocenters. The molecular weight excluding hydrogens is 592 g/mol. The van der Waals surface area contributed by atoms with Crippen molar-refractivity contribution in [3.63, 3.8) is 0 Å². The quantitative estimate of drug-likeness (QED) is 0.135. The van der Waals surface area contributed by atoms with E-state index in [9.17, 15) is 24.3 Å². The van der Waals surface area contributed by atoms with Crippen molar-refractivity contribution in [2.24, 2.45) is 5.92 Å². The average Bonchev–Trinajstić information content (AvgIpc) is 3.82. The number of allylic oxidation sites excluding steroid dienone is 1. The van der Waals surface area contributed by atoms with Crippen LogP contribution in [-0.2, 0) is 23.5 Å². The predicted molar refractivity (Wildman–Crippen MR) is 176 cm³/mol. The molecule has 3 fully saturated rings. The van der Waals surface area contributed by atoms with Crippen LogP contribution in [0.3, 0.4) is 0 Å². The molecule has 2 saturated carbocycles. The molecule has 45 heavy (non-hydrogen) atoms. The molecule has 0 spiro atoms. The summed E-state index contributed by atoms with van der Waals surface area (Å²) in [5.74, 6) is -2.49. The molecule has 3 N–H and O–H groups in total. The maximum Gasteiger partial charge on any atom is 0.408 e. The number of likely N-dealkylation sites (tertiary alicyclic amines) is 1. The first-order valence-electron chi connectivity index (χ1n) is 16.3. The predicted octanol–water partition coefficient (Wildman–Crippen LogP) is 4.45. The Morgan fingerprint density at radius 3 is 2.27 bits per heavy atom. The van der Waals surface area contributed by atoms with E-state index in [4.69, 9.17) is 9.16 Å². The lowest BCUT2D eigenvalue weighted by Gasteiger charge is -2.38. The highest BCUT2D eigenvalue weighted by Gasteiger charge is 2.61. The van der Waals surface area contributed by atoms with Gasteiger partial charge in [-0.1, -0.05) is 32.9 Å². The van der Waals surface area contributed by atoms with Crippen LogP contribution in [0.15, 0.2) is 25.3 Å². The minimum Gasteiger partial charge on any atom is -0.479 e. The third-order valence-electron chi connectivity index (χ3n) is 9.47. The summed E-state index contributed by atoms with van der Waals surface area (Å²) in [6.07, 6.45) is 6.46. The molecule has 254 valence electrons. The number of nitrogens with zero attached hydrogens (tertiary/aromatic N) is 2. The summed E-state index contributed by atoms with van der Waals surface area (Å²) in [5, 5.41) is 15.4. The lowest BCUT2D eigenvalue weighted by Crippen LogP contribution is -2.59. The average molecular weight is 649 g/mol. The summed E-state index contributed by atoms with van der Waals surface area (Å²) >= 11 is 0. The Bertz CT molecular complexity index is 1140. The van der Waals surface area contributed by atoms with Gasteiger partial charge in [-0.25, -0.2) is 9.59 Å². The van der Waals surface area contributed by atoms with Gasteiger partial charge in [0.2, 0.25) is 11.8 Å². The number of carboxylic acids is 1. The van der Waals surface area contributed by atoms with Crippen molar-refractivity contribution in [2.75, 3.05) is 19.6 Å². The van der Waals surface area contributed by atoms with Crippen LogP contribution in [-0.4, -0.2) is 102 Å². The van der Waals surface area contributed by atoms with Crippen LogP contribution in [0.2, 0.25) is 18.1 Å². The normalized spacial score (nSPS) is 25.8. The van der Waals surface area contributed by atoms with Gasteiger partial charge in [0, 0.05) is 31.5 Å². The van der Waals surface area contributed by atoms with Gasteiger partial charge in [0.1, 0.15) is 23.2 Å². The zero-order chi connectivity index (χ0) is 34.0. The lowest BCUT2D eigenvalue weighted by molar-refractivity contribution is -0.145. The van der Waals surface area contributed by atoms with Crippen LogP contribution in [0.25, 0.3) is 0 Å². The third kappa shape index (κ3) is 9.42. The number of rotatable bonds is 15. The summed E-state index contributed by atoms with van der Waals surface area (Å²) in [4.78, 5) is 57.2. The SMILES string of the molecule is C=CCCCN(C[C@H](NC(=O)OC(C)(C)C)C(=O)N1C[C@H](O[Si](C)(C)C(C)(C)C)C[C@H]1C(=O)N[C@]1(C(=O)O)C[C@H]1C=C)C1CC1. The molecule has 1 heterocycles. The molecule has 5 atom stereocenters. The monoisotopic (exact) mass is 648 g/mol. The summed E-state index contributed by atoms with van der Waals surface area (Å²) < 4.78 is 12.2. The summed E-state index contributed by atoms with van der Waals surface area (Å²) in [7, 11) is -2.28. The van der Waals surface area contributed by atoms with E-state index in [1.54, 1.807) is 20.8 Å². The van der Waals surface area contributed by atoms with Gasteiger partial charge in [-0.3, -0.25) is 14.5 Å². The molecule has 12 heteroatoms. The Morgan fingerprint density at radius 1 is 1.13 bits per heavy atom. The maximum absolute atomic E-state index is 14.5. The Kier molecular flexibility index (Phi) is 11.4. The highest BCUT2D eigenvalue weighted by molar-refractivity contribution is 6.74. The van der Waals surface area contributed by atoms with Gasteiger partial charge < -0.3 is 29.8 Å². The smallest absolute Gasteiger partial charge is 0.408 e. The molecule has 11 nitrogen and oxygen atoms in total. The van der Waals surface area contributed by atoms with Crippen LogP contribution in [0.1, 0.15) is 80.1 Å². The first-order valence-corrected chi connectivity index (χ1v) is 19.2. The molecule has 1 aliphatic heterocycles. The molecule has 0 aromatic heterocycles. The Hall–Kier alpha value is -2.70. The van der Waals surface area contributed by atoms with Crippen LogP contribution < -0.4 is 10.6 Å². The second-order valence-corrected chi connectivity index (χ2v) is 20.2. The fourth-order valence-electron chi connectivity index (χ4n) is 5.66. The van der Waals surface area contributed by atoms with Crippen molar-refractivity contribution in [3.8, 4) is 0 Å². The van der Waals surface area contributed by atoms with Crippen molar-refractivity contribution in [1.82, 2.24) is 20.4 Å². The standard InChI is InChI=1S/C33H56N4O7Si/c1-11-13-14-17-36(23-15-16-23)21-25(34-30(42)43-31(3,4)5)28(39)37-20-24(44-45(9,10)32(6,7)8)18-26(37)27(38)35-33(29(40)41)19-22(33)12-2/h11-12,22-26H,1-2,13-21H2,3-10H3,(H,34,42)(H,35,38)(H,40,41)/t22-,24-,25+,26+,33-/m1/s1. The number of hydrogen-bond acceptors (Lipinski definition) is 7. The van der Waals surface area contributed by atoms with Crippen molar-refractivity contribution in [2.45, 2.75) is 134 Å². The van der Waals surface area contributed by atoms with E-state index in [1.807, 2.05) is 6.08 Å². The molecular formula is C33H56N4O7Si. The number of carboxylic acid groups (broad SMARTS) is 1. The van der Waals surface area contributed by atoms with Crippen LogP contribution in [0.5, 0.6) is 0 Å². The summed E-state index contributed by atoms with van der Waals surface area (Å²) in [6.45, 7) is 24.6. The number of nitrogens with one attached hydrogen (secondary N) is 2. The van der Waals surface area contributed by atoms with Gasteiger partial charge in [0.15, 0.2) is 8.32 Å². The number of unbranched alkanes of at least 4 members (excludes halogenated alkanes) is 1. The fraction of sp³-hybridized carbons (Fsp3) is 0.758. The van der Waals surface area contributed by atoms with Crippen molar-refractivity contribution >= 4 is 32.2 Å². The maximum atomic E-state index is 14.5. The first kappa shape index (κ1) is 36.8. The van der Waals surface area contributed by atoms with E-state index in [2.05, 4.69) is 62.6 Å². The highest BCUT2D eigenvalue weighted by Crippen LogP contribution is 2.45. The lowest BCUT2D eigenvalue weighted by atomic mass is 10.1.